The summed E-state index contributed by atoms with van der Waals surface area (Å²) in [5.41, 5.74) is 22.2. The van der Waals surface area contributed by atoms with Gasteiger partial charge < -0.3 is 43.7 Å². The number of benzene rings is 1. The number of unbranched alkanes of at least 4 members (excludes halogenated alkanes) is 2. The van der Waals surface area contributed by atoms with Gasteiger partial charge in [0.2, 0.25) is 11.8 Å². The Morgan fingerprint density at radius 1 is 0.784 bits per heavy atom. The maximum absolute atomic E-state index is 13.2. The molecule has 0 heterocycles. The molecule has 3 amide bonds. The van der Waals surface area contributed by atoms with Crippen molar-refractivity contribution in [2.45, 2.75) is 69.5 Å². The van der Waals surface area contributed by atoms with Crippen LogP contribution in [0.5, 0.6) is 0 Å². The molecule has 0 saturated heterocycles. The number of hydrogen-bond donors (Lipinski definition) is 7. The van der Waals surface area contributed by atoms with Crippen molar-refractivity contribution in [3.8, 4) is 0 Å². The van der Waals surface area contributed by atoms with Gasteiger partial charge in [0.1, 0.15) is 18.4 Å². The van der Waals surface area contributed by atoms with E-state index in [1.807, 2.05) is 0 Å². The predicted octanol–water partition coefficient (Wildman–Crippen LogP) is -0.735. The first-order valence-corrected chi connectivity index (χ1v) is 12.7. The van der Waals surface area contributed by atoms with Crippen LogP contribution in [0.15, 0.2) is 35.3 Å². The van der Waals surface area contributed by atoms with E-state index in [0.717, 1.165) is 0 Å². The minimum atomic E-state index is -0.898. The average Bonchev–Trinajstić information content (AvgIpc) is 2.89. The summed E-state index contributed by atoms with van der Waals surface area (Å²) in [6, 6.07) is 6.05. The van der Waals surface area contributed by atoms with Gasteiger partial charge in [-0.05, 0) is 76.6 Å². The third-order valence-corrected chi connectivity index (χ3v) is 5.64. The Bertz CT molecular complexity index is 862. The van der Waals surface area contributed by atoms with E-state index in [4.69, 9.17) is 22.9 Å². The van der Waals surface area contributed by atoms with E-state index in [2.05, 4.69) is 20.9 Å². The number of nitrogens with one attached hydrogen (secondary N) is 3. The van der Waals surface area contributed by atoms with Crippen molar-refractivity contribution in [1.82, 2.24) is 16.0 Å². The lowest BCUT2D eigenvalue weighted by atomic mass is 10.0. The third kappa shape index (κ3) is 13.4. The molecule has 0 aliphatic heterocycles. The van der Waals surface area contributed by atoms with Gasteiger partial charge in [-0.1, -0.05) is 18.2 Å². The molecule has 0 bridgehead atoms. The smallest absolute Gasteiger partial charge is 0.251 e. The van der Waals surface area contributed by atoms with Crippen LogP contribution in [-0.2, 0) is 14.4 Å². The number of aliphatic imine (C=N–C) groups is 1. The molecule has 11 N–H and O–H groups in total. The fraction of sp³-hybridized carbons (Fsp3) is 0.560. The molecule has 0 unspecified atom stereocenters. The maximum Gasteiger partial charge on any atom is 0.251 e. The fourth-order valence-corrected chi connectivity index (χ4v) is 3.60. The molecule has 0 aromatic heterocycles. The highest BCUT2D eigenvalue weighted by Crippen LogP contribution is 2.08. The second-order valence-corrected chi connectivity index (χ2v) is 8.72. The van der Waals surface area contributed by atoms with Gasteiger partial charge in [-0.3, -0.25) is 19.4 Å². The van der Waals surface area contributed by atoms with Crippen LogP contribution < -0.4 is 38.9 Å². The van der Waals surface area contributed by atoms with E-state index in [9.17, 15) is 19.2 Å². The van der Waals surface area contributed by atoms with E-state index in [0.29, 0.717) is 82.9 Å². The van der Waals surface area contributed by atoms with E-state index in [1.165, 1.54) is 0 Å². The quantitative estimate of drug-likeness (QED) is 0.0534. The third-order valence-electron chi connectivity index (χ3n) is 5.64. The summed E-state index contributed by atoms with van der Waals surface area (Å²) in [5, 5.41) is 8.21. The monoisotopic (exact) mass is 518 g/mol. The number of amides is 3. The molecule has 206 valence electrons. The summed E-state index contributed by atoms with van der Waals surface area (Å²) < 4.78 is 0. The number of carbonyl (C=O) groups excluding carboxylic acids is 4. The van der Waals surface area contributed by atoms with Gasteiger partial charge in [0.15, 0.2) is 5.96 Å². The maximum atomic E-state index is 13.2. The number of carbonyl (C=O) groups is 4. The van der Waals surface area contributed by atoms with Crippen molar-refractivity contribution in [2.75, 3.05) is 19.6 Å². The van der Waals surface area contributed by atoms with Crippen molar-refractivity contribution in [3.05, 3.63) is 35.9 Å². The first-order chi connectivity index (χ1) is 17.8. The van der Waals surface area contributed by atoms with Gasteiger partial charge in [-0.2, -0.15) is 0 Å². The molecule has 0 spiro atoms. The summed E-state index contributed by atoms with van der Waals surface area (Å²) in [6.45, 7) is 1.23. The van der Waals surface area contributed by atoms with Crippen LogP contribution in [0.4, 0.5) is 0 Å². The van der Waals surface area contributed by atoms with Gasteiger partial charge in [0.25, 0.3) is 5.91 Å². The summed E-state index contributed by atoms with van der Waals surface area (Å²) in [4.78, 5) is 54.3. The Morgan fingerprint density at radius 2 is 1.35 bits per heavy atom. The van der Waals surface area contributed by atoms with Crippen LogP contribution in [0.2, 0.25) is 0 Å². The molecule has 0 saturated carbocycles. The molecular weight excluding hydrogens is 476 g/mol. The van der Waals surface area contributed by atoms with Crippen molar-refractivity contribution in [3.63, 3.8) is 0 Å². The number of aldehydes is 1. The van der Waals surface area contributed by atoms with Crippen molar-refractivity contribution in [2.24, 2.45) is 27.9 Å². The first-order valence-electron chi connectivity index (χ1n) is 12.7. The van der Waals surface area contributed by atoms with Crippen LogP contribution in [0.3, 0.4) is 0 Å². The minimum absolute atomic E-state index is 0.0465. The number of hydrogen-bond acceptors (Lipinski definition) is 7. The molecule has 12 nitrogen and oxygen atoms in total. The molecule has 3 atom stereocenters. The highest BCUT2D eigenvalue weighted by molar-refractivity contribution is 5.98. The Labute approximate surface area is 218 Å². The lowest BCUT2D eigenvalue weighted by Crippen LogP contribution is -2.55. The largest absolute Gasteiger partial charge is 0.370 e. The zero-order valence-electron chi connectivity index (χ0n) is 21.4. The zero-order chi connectivity index (χ0) is 27.5. The van der Waals surface area contributed by atoms with Crippen LogP contribution in [-0.4, -0.2) is 67.7 Å². The summed E-state index contributed by atoms with van der Waals surface area (Å²) in [7, 11) is 0. The zero-order valence-corrected chi connectivity index (χ0v) is 21.4. The molecule has 37 heavy (non-hydrogen) atoms. The normalized spacial score (nSPS) is 13.0. The van der Waals surface area contributed by atoms with Crippen molar-refractivity contribution < 1.29 is 19.2 Å². The lowest BCUT2D eigenvalue weighted by molar-refractivity contribution is -0.131. The Balaban J connectivity index is 2.90. The molecule has 0 radical (unpaired) electrons. The van der Waals surface area contributed by atoms with Gasteiger partial charge >= 0.3 is 0 Å². The molecule has 1 aromatic carbocycles. The Hall–Kier alpha value is -3.51. The fourth-order valence-electron chi connectivity index (χ4n) is 3.60. The SMILES string of the molecule is NCCCC[C@H](NC(=O)c1ccccc1)C(=O)N[C@@H](CCCCN)C(=O)N[C@H](C=O)CCCN=C(N)N. The highest BCUT2D eigenvalue weighted by Gasteiger charge is 2.27. The van der Waals surface area contributed by atoms with Crippen LogP contribution in [0.25, 0.3) is 0 Å². The predicted molar refractivity (Wildman–Crippen MR) is 143 cm³/mol. The van der Waals surface area contributed by atoms with Crippen LogP contribution >= 0.6 is 0 Å². The molecule has 0 aliphatic carbocycles. The highest BCUT2D eigenvalue weighted by atomic mass is 16.2. The topological polar surface area (TPSA) is 221 Å². The van der Waals surface area contributed by atoms with Gasteiger partial charge in [-0.25, -0.2) is 0 Å². The van der Waals surface area contributed by atoms with Crippen molar-refractivity contribution in [1.29, 1.82) is 0 Å². The molecular formula is C25H42N8O4. The average molecular weight is 519 g/mol. The molecule has 12 heteroatoms. The van der Waals surface area contributed by atoms with E-state index < -0.39 is 29.9 Å². The van der Waals surface area contributed by atoms with Gasteiger partial charge in [0, 0.05) is 12.1 Å². The summed E-state index contributed by atoms with van der Waals surface area (Å²) in [5.74, 6) is -1.40. The van der Waals surface area contributed by atoms with E-state index in [1.54, 1.807) is 30.3 Å². The van der Waals surface area contributed by atoms with Crippen LogP contribution in [0, 0.1) is 0 Å². The standard InChI is InChI=1S/C25H42N8O4/c26-14-6-4-12-20(23(36)31-19(17-34)11-8-16-30-25(28)29)33-24(37)21(13-5-7-15-27)32-22(35)18-9-2-1-3-10-18/h1-3,9-10,17,19-21H,4-8,11-16,26-27H2,(H,31,36)(H,32,35)(H,33,37)(H4,28,29,30)/t19-,20-,21-/m0/s1. The molecule has 0 aliphatic rings. The Kier molecular flexibility index (Phi) is 15.9. The van der Waals surface area contributed by atoms with Crippen molar-refractivity contribution >= 4 is 30.0 Å². The minimum Gasteiger partial charge on any atom is -0.370 e. The Morgan fingerprint density at radius 3 is 1.89 bits per heavy atom. The number of guanidine groups is 1. The number of nitrogens with two attached hydrogens (primary N) is 4. The molecule has 0 fully saturated rings. The number of rotatable bonds is 19. The first kappa shape index (κ1) is 31.5. The molecule has 1 rings (SSSR count). The van der Waals surface area contributed by atoms with Crippen LogP contribution in [0.1, 0.15) is 61.7 Å². The second kappa shape index (κ2) is 18.7. The second-order valence-electron chi connectivity index (χ2n) is 8.72. The van der Waals surface area contributed by atoms with E-state index in [-0.39, 0.29) is 11.9 Å². The van der Waals surface area contributed by atoms with Gasteiger partial charge in [0.05, 0.1) is 6.04 Å². The van der Waals surface area contributed by atoms with E-state index >= 15 is 0 Å². The lowest BCUT2D eigenvalue weighted by Gasteiger charge is -2.24. The van der Waals surface area contributed by atoms with Gasteiger partial charge in [-0.15, -0.1) is 0 Å². The number of nitrogens with zero attached hydrogens (tertiary/aromatic N) is 1. The summed E-state index contributed by atoms with van der Waals surface area (Å²) >= 11 is 0. The molecule has 1 aromatic rings. The summed E-state index contributed by atoms with van der Waals surface area (Å²) in [6.07, 6.45) is 4.73.